The first-order chi connectivity index (χ1) is 34.5. The van der Waals surface area contributed by atoms with Crippen LogP contribution in [0.1, 0.15) is 111 Å². The van der Waals surface area contributed by atoms with Gasteiger partial charge in [0, 0.05) is 81.1 Å². The van der Waals surface area contributed by atoms with Gasteiger partial charge in [0.25, 0.3) is 0 Å². The molecule has 0 unspecified atom stereocenters. The summed E-state index contributed by atoms with van der Waals surface area (Å²) < 4.78 is 46.4. The quantitative estimate of drug-likeness (QED) is 0.105. The van der Waals surface area contributed by atoms with E-state index in [4.69, 9.17) is 33.2 Å². The summed E-state index contributed by atoms with van der Waals surface area (Å²) in [7, 11) is 5.49. The maximum Gasteiger partial charge on any atom is 0.311 e. The van der Waals surface area contributed by atoms with Gasteiger partial charge in [-0.15, -0.1) is 5.10 Å². The van der Waals surface area contributed by atoms with Crippen molar-refractivity contribution in [1.82, 2.24) is 29.8 Å². The van der Waals surface area contributed by atoms with Crippen LogP contribution < -0.4 is 0 Å². The number of aliphatic hydroxyl groups excluding tert-OH is 3. The van der Waals surface area contributed by atoms with Crippen LogP contribution in [-0.4, -0.2) is 182 Å². The zero-order valence-corrected chi connectivity index (χ0v) is 45.8. The van der Waals surface area contributed by atoms with Gasteiger partial charge in [0.05, 0.1) is 73.1 Å². The number of ether oxygens (including phenoxy) is 7. The number of cyclic esters (lactones) is 1. The third kappa shape index (κ3) is 15.3. The van der Waals surface area contributed by atoms with Gasteiger partial charge < -0.3 is 63.4 Å². The van der Waals surface area contributed by atoms with Gasteiger partial charge in [-0.3, -0.25) is 9.78 Å². The second-order valence-electron chi connectivity index (χ2n) is 22.1. The molecule has 3 fully saturated rings. The van der Waals surface area contributed by atoms with Gasteiger partial charge >= 0.3 is 5.97 Å². The van der Waals surface area contributed by atoms with E-state index in [0.717, 1.165) is 34.5 Å². The number of methoxy groups -OCH3 is 1. The van der Waals surface area contributed by atoms with Crippen LogP contribution in [0.2, 0.25) is 0 Å². The molecule has 0 amide bonds. The van der Waals surface area contributed by atoms with Gasteiger partial charge in [0.1, 0.15) is 18.3 Å². The van der Waals surface area contributed by atoms with E-state index in [2.05, 4.69) is 57.6 Å². The molecule has 17 atom stereocenters. The second kappa shape index (κ2) is 26.0. The first kappa shape index (κ1) is 58.8. The number of aliphatic hydroxyl groups is 4. The fraction of sp³-hybridized carbons (Fsp3) is 0.745. The van der Waals surface area contributed by atoms with Crippen LogP contribution in [-0.2, 0) is 57.5 Å². The molecule has 18 nitrogen and oxygen atoms in total. The highest BCUT2D eigenvalue weighted by Crippen LogP contribution is 2.40. The third-order valence-corrected chi connectivity index (χ3v) is 15.8. The van der Waals surface area contributed by atoms with E-state index in [1.54, 1.807) is 34.6 Å². The highest BCUT2D eigenvalue weighted by molar-refractivity contribution is 5.73. The summed E-state index contributed by atoms with van der Waals surface area (Å²) >= 11 is 0. The monoisotopic (exact) mass is 1020 g/mol. The van der Waals surface area contributed by atoms with Gasteiger partial charge in [0.15, 0.2) is 12.6 Å². The number of nitrogens with zero attached hydrogens (tertiary/aromatic N) is 6. The Morgan fingerprint density at radius 2 is 1.63 bits per heavy atom. The minimum absolute atomic E-state index is 0.0662. The summed E-state index contributed by atoms with van der Waals surface area (Å²) in [6.07, 6.45) is -2.44. The Kier molecular flexibility index (Phi) is 21.0. The maximum absolute atomic E-state index is 14.4. The van der Waals surface area contributed by atoms with Crippen molar-refractivity contribution in [2.45, 2.75) is 206 Å². The molecule has 410 valence electrons. The lowest BCUT2D eigenvalue weighted by Gasteiger charge is -2.48. The average Bonchev–Trinajstić information content (AvgIpc) is 3.82. The van der Waals surface area contributed by atoms with Crippen LogP contribution in [0.3, 0.4) is 0 Å². The van der Waals surface area contributed by atoms with E-state index in [1.165, 1.54) is 7.11 Å². The lowest BCUT2D eigenvalue weighted by atomic mass is 9.77. The molecule has 73 heavy (non-hydrogen) atoms. The Morgan fingerprint density at radius 1 is 0.918 bits per heavy atom. The molecule has 2 aromatic heterocycles. The fourth-order valence-electron chi connectivity index (χ4n) is 11.1. The molecule has 3 aliphatic rings. The standard InChI is InChI=1S/C55H88N6O12/c1-14-45-49(63)48(62)38(7)60(12)30-33(2)27-54(9,66)52(36(5)50(37(6)53(65)71-45)72-47-28-55(10,67-13)51(64)39(8)70-47)73-46-26-44(25-35(4)69-46)59(11)22-21-43-31-61(58-57-43)23-24-68-32-40-16-19-41(20-17-40)42-18-15-34(3)56-29-42/h15-20,29,31,33,35-39,44-52,62-64,66H,14,21-28,30,32H2,1-13H3/t33-,35-,36+,37-,38-,39+,44+,45-,46+,47+,48-,49-,50+,51+,52-,54-,55-/m1/s1. The summed E-state index contributed by atoms with van der Waals surface area (Å²) in [5, 5.41) is 55.5. The van der Waals surface area contributed by atoms with E-state index in [1.807, 2.05) is 69.7 Å². The van der Waals surface area contributed by atoms with Gasteiger partial charge in [-0.1, -0.05) is 56.3 Å². The van der Waals surface area contributed by atoms with Crippen molar-refractivity contribution >= 4 is 5.97 Å². The molecule has 0 spiro atoms. The molecular formula is C55H88N6O12. The molecule has 18 heteroatoms. The number of hydrogen-bond donors (Lipinski definition) is 4. The zero-order valence-electron chi connectivity index (χ0n) is 45.8. The molecule has 0 aliphatic carbocycles. The van der Waals surface area contributed by atoms with Crippen molar-refractivity contribution in [3.05, 3.63) is 65.7 Å². The van der Waals surface area contributed by atoms with Crippen LogP contribution in [0.15, 0.2) is 48.8 Å². The minimum atomic E-state index is -1.50. The van der Waals surface area contributed by atoms with Crippen LogP contribution in [0, 0.1) is 24.7 Å². The molecule has 5 heterocycles. The molecule has 0 saturated carbocycles. The van der Waals surface area contributed by atoms with Crippen LogP contribution in [0.5, 0.6) is 0 Å². The number of aromatic nitrogens is 4. The van der Waals surface area contributed by atoms with Crippen molar-refractivity contribution in [3.8, 4) is 11.1 Å². The zero-order chi connectivity index (χ0) is 53.4. The highest BCUT2D eigenvalue weighted by atomic mass is 16.7. The topological polar surface area (TPSA) is 213 Å². The lowest BCUT2D eigenvalue weighted by molar-refractivity contribution is -0.308. The Morgan fingerprint density at radius 3 is 2.30 bits per heavy atom. The number of benzene rings is 1. The van der Waals surface area contributed by atoms with Crippen LogP contribution >= 0.6 is 0 Å². The Hall–Kier alpha value is -3.50. The van der Waals surface area contributed by atoms with Gasteiger partial charge in [-0.05, 0) is 105 Å². The Labute approximate surface area is 434 Å². The molecule has 3 aliphatic heterocycles. The molecule has 0 bridgehead atoms. The Bertz CT molecular complexity index is 2150. The highest BCUT2D eigenvalue weighted by Gasteiger charge is 2.51. The first-order valence-corrected chi connectivity index (χ1v) is 26.6. The first-order valence-electron chi connectivity index (χ1n) is 26.6. The van der Waals surface area contributed by atoms with E-state index < -0.39 is 90.4 Å². The van der Waals surface area contributed by atoms with Crippen molar-refractivity contribution in [2.24, 2.45) is 17.8 Å². The van der Waals surface area contributed by atoms with Crippen molar-refractivity contribution in [2.75, 3.05) is 40.9 Å². The number of carbonyl (C=O) groups is 1. The number of likely N-dealkylation sites (N-methyl/N-ethyl adjacent to an activating group) is 2. The maximum atomic E-state index is 14.4. The van der Waals surface area contributed by atoms with Crippen molar-refractivity contribution in [1.29, 1.82) is 0 Å². The van der Waals surface area contributed by atoms with E-state index in [9.17, 15) is 25.2 Å². The van der Waals surface area contributed by atoms with Crippen molar-refractivity contribution < 1.29 is 58.4 Å². The average molecular weight is 1030 g/mol. The normalized spacial score (nSPS) is 36.6. The number of hydrogen-bond acceptors (Lipinski definition) is 17. The number of esters is 1. The number of carbonyl (C=O) groups excluding carboxylic acids is 1. The number of rotatable bonds is 16. The number of pyridine rings is 1. The summed E-state index contributed by atoms with van der Waals surface area (Å²) in [4.78, 5) is 23.0. The van der Waals surface area contributed by atoms with Crippen LogP contribution in [0.4, 0.5) is 0 Å². The largest absolute Gasteiger partial charge is 0.459 e. The van der Waals surface area contributed by atoms with Crippen LogP contribution in [0.25, 0.3) is 11.1 Å². The van der Waals surface area contributed by atoms with Gasteiger partial charge in [-0.2, -0.15) is 0 Å². The van der Waals surface area contributed by atoms with E-state index in [0.29, 0.717) is 45.7 Å². The smallest absolute Gasteiger partial charge is 0.311 e. The third-order valence-electron chi connectivity index (χ3n) is 15.8. The summed E-state index contributed by atoms with van der Waals surface area (Å²) in [6.45, 7) is 21.3. The molecule has 3 aromatic rings. The predicted octanol–water partition coefficient (Wildman–Crippen LogP) is 5.33. The minimum Gasteiger partial charge on any atom is -0.459 e. The fourth-order valence-corrected chi connectivity index (χ4v) is 11.1. The van der Waals surface area contributed by atoms with E-state index >= 15 is 0 Å². The van der Waals surface area contributed by atoms with Crippen molar-refractivity contribution in [3.63, 3.8) is 0 Å². The SMILES string of the molecule is CC[C@H]1OC(=O)[C@H](C)[C@@H](O[C@H]2C[C@@](C)(OC)[C@@H](O)[C@H](C)O2)[C@H](C)[C@@H](O[C@H]2C[C@@H](N(C)CCc3cn(CCOCc4ccc(-c5ccc(C)nc5)cc4)nn3)C[C@@H](C)O2)[C@](C)(O)C[C@@H](C)CN(C)[C@H](C)[C@@H](O)[C@@H]1O. The molecule has 4 N–H and O–H groups in total. The predicted molar refractivity (Wildman–Crippen MR) is 275 cm³/mol. The molecule has 6 rings (SSSR count). The van der Waals surface area contributed by atoms with E-state index in [-0.39, 0.29) is 37.3 Å². The molecule has 0 radical (unpaired) electrons. The summed E-state index contributed by atoms with van der Waals surface area (Å²) in [6, 6.07) is 12.0. The molecule has 3 saturated heterocycles. The van der Waals surface area contributed by atoms with Gasteiger partial charge in [-0.25, -0.2) is 4.68 Å². The Balaban J connectivity index is 1.14. The summed E-state index contributed by atoms with van der Waals surface area (Å²) in [5.74, 6) is -2.41. The molecule has 1 aromatic carbocycles. The lowest BCUT2D eigenvalue weighted by Crippen LogP contribution is -2.59. The summed E-state index contributed by atoms with van der Waals surface area (Å²) in [5.41, 5.74) is 2.64. The second-order valence-corrected chi connectivity index (χ2v) is 22.1. The number of aryl methyl sites for hydroxylation is 1. The molecular weight excluding hydrogens is 937 g/mol. The van der Waals surface area contributed by atoms with Gasteiger partial charge in [0.2, 0.25) is 0 Å².